The summed E-state index contributed by atoms with van der Waals surface area (Å²) in [5.74, 6) is 0.457. The van der Waals surface area contributed by atoms with Crippen LogP contribution in [0.4, 0.5) is 5.82 Å². The van der Waals surface area contributed by atoms with Crippen LogP contribution in [0.1, 0.15) is 12.6 Å². The van der Waals surface area contributed by atoms with Crippen LogP contribution in [0, 0.1) is 6.92 Å². The molecule has 0 bridgehead atoms. The monoisotopic (exact) mass is 454 g/mol. The molecule has 6 nitrogen and oxygen atoms in total. The van der Waals surface area contributed by atoms with Crippen molar-refractivity contribution in [3.8, 4) is 0 Å². The van der Waals surface area contributed by atoms with Gasteiger partial charge in [0.15, 0.2) is 0 Å². The van der Waals surface area contributed by atoms with E-state index in [4.69, 9.17) is 9.72 Å². The number of carbonyl (C=O) groups is 1. The van der Waals surface area contributed by atoms with E-state index in [1.807, 2.05) is 17.5 Å². The molecule has 0 atom stereocenters. The van der Waals surface area contributed by atoms with Gasteiger partial charge in [0.05, 0.1) is 0 Å². The second-order valence-electron chi connectivity index (χ2n) is 6.84. The summed E-state index contributed by atoms with van der Waals surface area (Å²) in [6.45, 7) is 4.29. The zero-order chi connectivity index (χ0) is 17.5. The quantitative estimate of drug-likeness (QED) is 0.366. The van der Waals surface area contributed by atoms with Crippen molar-refractivity contribution in [2.75, 3.05) is 18.5 Å². The Hall–Kier alpha value is -1.35. The number of fused-ring (bicyclic) bond motifs is 3. The average Bonchev–Trinajstić information content (AvgIpc) is 3.06. The number of carbonyl (C=O) groups excluding carboxylic acids is 1. The summed E-state index contributed by atoms with van der Waals surface area (Å²) in [4.78, 5) is 28.5. The fourth-order valence-electron chi connectivity index (χ4n) is 2.50. The number of aromatic nitrogens is 3. The number of anilines is 1. The minimum absolute atomic E-state index is 0.276. The zero-order valence-corrected chi connectivity index (χ0v) is 18.3. The summed E-state index contributed by atoms with van der Waals surface area (Å²) in [6.07, 6.45) is 1.87. The number of aryl methyl sites for hydroxylation is 1. The SMILES string of the molecule is CC(=O)OCCNc1nc2c[c]([Sn]([CH3])([CH3])[CH3])sc2n2c(C)cnc12. The first kappa shape index (κ1) is 17.5. The Morgan fingerprint density at radius 2 is 2.17 bits per heavy atom. The summed E-state index contributed by atoms with van der Waals surface area (Å²) < 4.78 is 8.64. The third-order valence-corrected chi connectivity index (χ3v) is 14.3. The standard InChI is InChI=1S/C13H13N4O2S.3CH3.Sn/c1-8-7-15-12-11(14-4-5-19-9(2)18)16-10-3-6-20-13(10)17(8)12;;;;/h3,7H,4-5H2,1-2H3,(H,14,16);3*1H3;. The molecule has 8 heteroatoms. The van der Waals surface area contributed by atoms with Crippen LogP contribution in [0.15, 0.2) is 12.3 Å². The van der Waals surface area contributed by atoms with Crippen LogP contribution in [0.3, 0.4) is 0 Å². The molecule has 0 aromatic carbocycles. The number of thiophene rings is 1. The van der Waals surface area contributed by atoms with Crippen LogP contribution in [0.25, 0.3) is 16.0 Å². The van der Waals surface area contributed by atoms with E-state index >= 15 is 0 Å². The number of hydrogen-bond donors (Lipinski definition) is 1. The second-order valence-corrected chi connectivity index (χ2v) is 23.3. The molecule has 0 spiro atoms. The first-order chi connectivity index (χ1) is 11.3. The maximum atomic E-state index is 10.9. The van der Waals surface area contributed by atoms with Crippen molar-refractivity contribution >= 4 is 60.4 Å². The predicted octanol–water partition coefficient (Wildman–Crippen LogP) is 2.77. The number of esters is 1. The van der Waals surface area contributed by atoms with Crippen molar-refractivity contribution in [3.63, 3.8) is 0 Å². The van der Waals surface area contributed by atoms with Crippen molar-refractivity contribution in [1.29, 1.82) is 0 Å². The van der Waals surface area contributed by atoms with Crippen molar-refractivity contribution in [1.82, 2.24) is 14.4 Å². The number of ether oxygens (including phenoxy) is 1. The van der Waals surface area contributed by atoms with Gasteiger partial charge in [-0.2, -0.15) is 0 Å². The molecule has 0 radical (unpaired) electrons. The summed E-state index contributed by atoms with van der Waals surface area (Å²) in [5.41, 5.74) is 2.92. The van der Waals surface area contributed by atoms with Crippen LogP contribution in [0.5, 0.6) is 0 Å². The van der Waals surface area contributed by atoms with Crippen LogP contribution < -0.4 is 8.21 Å². The fraction of sp³-hybridized carbons (Fsp3) is 0.438. The normalized spacial score (nSPS) is 12.0. The molecule has 3 aromatic rings. The summed E-state index contributed by atoms with van der Waals surface area (Å²) in [5, 5.41) is 3.25. The minimum atomic E-state index is -2.15. The van der Waals surface area contributed by atoms with E-state index in [-0.39, 0.29) is 5.97 Å². The predicted molar refractivity (Wildman–Crippen MR) is 101 cm³/mol. The molecule has 0 saturated carbocycles. The van der Waals surface area contributed by atoms with Gasteiger partial charge in [0.25, 0.3) is 0 Å². The topological polar surface area (TPSA) is 68.5 Å². The van der Waals surface area contributed by atoms with Gasteiger partial charge in [0.1, 0.15) is 0 Å². The Morgan fingerprint density at radius 3 is 2.83 bits per heavy atom. The molecular weight excluding hydrogens is 431 g/mol. The Kier molecular flexibility index (Phi) is 4.74. The molecular formula is C16H22N4O2SSn. The molecule has 1 N–H and O–H groups in total. The van der Waals surface area contributed by atoms with E-state index in [9.17, 15) is 4.79 Å². The van der Waals surface area contributed by atoms with Gasteiger partial charge < -0.3 is 0 Å². The van der Waals surface area contributed by atoms with Gasteiger partial charge in [-0.15, -0.1) is 0 Å². The molecule has 128 valence electrons. The molecule has 0 aliphatic rings. The van der Waals surface area contributed by atoms with Crippen LogP contribution in [-0.2, 0) is 9.53 Å². The van der Waals surface area contributed by atoms with Gasteiger partial charge >= 0.3 is 149 Å². The number of imidazole rings is 1. The Balaban J connectivity index is 2.03. The van der Waals surface area contributed by atoms with Crippen molar-refractivity contribution < 1.29 is 9.53 Å². The molecule has 3 aromatic heterocycles. The Morgan fingerprint density at radius 1 is 1.42 bits per heavy atom. The van der Waals surface area contributed by atoms with Crippen LogP contribution in [0.2, 0.25) is 14.8 Å². The number of rotatable bonds is 5. The zero-order valence-electron chi connectivity index (χ0n) is 14.6. The molecule has 0 unspecified atom stereocenters. The molecule has 0 aliphatic heterocycles. The summed E-state index contributed by atoms with van der Waals surface area (Å²) >= 11 is -0.299. The van der Waals surface area contributed by atoms with E-state index in [1.54, 1.807) is 0 Å². The number of nitrogens with one attached hydrogen (secondary N) is 1. The number of hydrogen-bond acceptors (Lipinski definition) is 6. The molecule has 3 heterocycles. The molecule has 24 heavy (non-hydrogen) atoms. The second kappa shape index (κ2) is 6.51. The third kappa shape index (κ3) is 3.37. The van der Waals surface area contributed by atoms with Crippen LogP contribution in [-0.4, -0.2) is 51.9 Å². The van der Waals surface area contributed by atoms with E-state index in [0.717, 1.165) is 27.5 Å². The molecule has 0 aliphatic carbocycles. The van der Waals surface area contributed by atoms with Gasteiger partial charge in [0.2, 0.25) is 0 Å². The Bertz CT molecular complexity index is 910. The van der Waals surface area contributed by atoms with Crippen molar-refractivity contribution in [2.24, 2.45) is 0 Å². The first-order valence-corrected chi connectivity index (χ1v) is 18.7. The van der Waals surface area contributed by atoms with Gasteiger partial charge in [-0.05, 0) is 0 Å². The fourth-order valence-corrected chi connectivity index (χ4v) is 8.79. The molecule has 3 rings (SSSR count). The van der Waals surface area contributed by atoms with Gasteiger partial charge in [-0.1, -0.05) is 0 Å². The van der Waals surface area contributed by atoms with Gasteiger partial charge in [0, 0.05) is 0 Å². The van der Waals surface area contributed by atoms with E-state index in [0.29, 0.717) is 13.2 Å². The average molecular weight is 453 g/mol. The van der Waals surface area contributed by atoms with E-state index in [2.05, 4.69) is 42.5 Å². The third-order valence-electron chi connectivity index (χ3n) is 3.72. The van der Waals surface area contributed by atoms with Crippen molar-refractivity contribution in [2.45, 2.75) is 28.7 Å². The van der Waals surface area contributed by atoms with Crippen LogP contribution >= 0.6 is 11.3 Å². The maximum absolute atomic E-state index is 10.9. The first-order valence-electron chi connectivity index (χ1n) is 7.92. The van der Waals surface area contributed by atoms with Gasteiger partial charge in [-0.3, -0.25) is 0 Å². The summed E-state index contributed by atoms with van der Waals surface area (Å²) in [7, 11) is 0. The van der Waals surface area contributed by atoms with E-state index in [1.165, 1.54) is 9.82 Å². The molecule has 0 fully saturated rings. The molecule has 0 saturated heterocycles. The number of nitrogens with zero attached hydrogens (tertiary/aromatic N) is 3. The Labute approximate surface area is 149 Å². The molecule has 0 amide bonds. The van der Waals surface area contributed by atoms with Gasteiger partial charge in [-0.25, -0.2) is 0 Å². The summed E-state index contributed by atoms with van der Waals surface area (Å²) in [6, 6.07) is 2.24. The van der Waals surface area contributed by atoms with Crippen molar-refractivity contribution in [3.05, 3.63) is 18.0 Å². The van der Waals surface area contributed by atoms with E-state index < -0.39 is 18.4 Å².